The van der Waals surface area contributed by atoms with Crippen molar-refractivity contribution in [3.8, 4) is 0 Å². The highest BCUT2D eigenvalue weighted by Crippen LogP contribution is 2.31. The van der Waals surface area contributed by atoms with Gasteiger partial charge in [0.05, 0.1) is 16.3 Å². The number of amides is 2. The molecule has 0 radical (unpaired) electrons. The second-order valence-corrected chi connectivity index (χ2v) is 8.06. The Morgan fingerprint density at radius 2 is 1.81 bits per heavy atom. The third kappa shape index (κ3) is 3.70. The number of carbonyl (C=O) groups is 2. The van der Waals surface area contributed by atoms with E-state index in [4.69, 9.17) is 0 Å². The zero-order chi connectivity index (χ0) is 18.1. The van der Waals surface area contributed by atoms with Gasteiger partial charge in [-0.25, -0.2) is 4.98 Å². The maximum atomic E-state index is 12.5. The summed E-state index contributed by atoms with van der Waals surface area (Å²) in [6, 6.07) is 10.1. The number of thioether (sulfide) groups is 1. The Morgan fingerprint density at radius 1 is 1.12 bits per heavy atom. The molecule has 2 fully saturated rings. The number of para-hydroxylation sites is 1. The van der Waals surface area contributed by atoms with Gasteiger partial charge in [0, 0.05) is 37.5 Å². The highest BCUT2D eigenvalue weighted by Gasteiger charge is 2.35. The average Bonchev–Trinajstić information content (AvgIpc) is 3.51. The number of pyridine rings is 1. The van der Waals surface area contributed by atoms with Crippen LogP contribution in [0.3, 0.4) is 0 Å². The largest absolute Gasteiger partial charge is 0.339 e. The van der Waals surface area contributed by atoms with Crippen LogP contribution in [-0.2, 0) is 9.59 Å². The molecular formula is C20H23N3O2S. The zero-order valence-corrected chi connectivity index (χ0v) is 15.8. The van der Waals surface area contributed by atoms with Crippen molar-refractivity contribution < 1.29 is 9.59 Å². The van der Waals surface area contributed by atoms with Crippen LogP contribution in [0.4, 0.5) is 0 Å². The number of rotatable bonds is 4. The zero-order valence-electron chi connectivity index (χ0n) is 15.0. The molecule has 1 aromatic heterocycles. The van der Waals surface area contributed by atoms with Gasteiger partial charge in [-0.2, -0.15) is 0 Å². The second-order valence-electron chi connectivity index (χ2n) is 7.06. The lowest BCUT2D eigenvalue weighted by molar-refractivity contribution is -0.139. The molecule has 5 nitrogen and oxygen atoms in total. The fourth-order valence-electron chi connectivity index (χ4n) is 3.38. The van der Waals surface area contributed by atoms with Crippen molar-refractivity contribution in [1.29, 1.82) is 0 Å². The SMILES string of the molecule is Cc1cc(SCC(=O)N2CCN(C(=O)C3CC3)CC2)nc2ccccc12. The molecule has 1 aliphatic heterocycles. The molecule has 0 atom stereocenters. The summed E-state index contributed by atoms with van der Waals surface area (Å²) in [6.07, 6.45) is 2.07. The molecule has 0 bridgehead atoms. The molecule has 6 heteroatoms. The molecule has 2 amide bonds. The van der Waals surface area contributed by atoms with Gasteiger partial charge in [-0.05, 0) is 37.5 Å². The van der Waals surface area contributed by atoms with E-state index in [1.807, 2.05) is 34.1 Å². The van der Waals surface area contributed by atoms with Crippen molar-refractivity contribution in [2.75, 3.05) is 31.9 Å². The molecule has 4 rings (SSSR count). The molecule has 1 aromatic carbocycles. The minimum Gasteiger partial charge on any atom is -0.339 e. The second kappa shape index (κ2) is 7.27. The number of benzene rings is 1. The number of hydrogen-bond donors (Lipinski definition) is 0. The van der Waals surface area contributed by atoms with E-state index < -0.39 is 0 Å². The van der Waals surface area contributed by atoms with Crippen LogP contribution in [0.2, 0.25) is 0 Å². The molecule has 1 saturated heterocycles. The minimum absolute atomic E-state index is 0.126. The van der Waals surface area contributed by atoms with E-state index in [-0.39, 0.29) is 17.7 Å². The Hall–Kier alpha value is -2.08. The van der Waals surface area contributed by atoms with Gasteiger partial charge < -0.3 is 9.80 Å². The van der Waals surface area contributed by atoms with Gasteiger partial charge in [-0.15, -0.1) is 0 Å². The molecule has 26 heavy (non-hydrogen) atoms. The first-order chi connectivity index (χ1) is 12.6. The van der Waals surface area contributed by atoms with Crippen LogP contribution >= 0.6 is 11.8 Å². The van der Waals surface area contributed by atoms with Crippen molar-refractivity contribution in [2.45, 2.75) is 24.8 Å². The molecular weight excluding hydrogens is 346 g/mol. The minimum atomic E-state index is 0.126. The lowest BCUT2D eigenvalue weighted by Crippen LogP contribution is -2.51. The molecule has 0 spiro atoms. The topological polar surface area (TPSA) is 53.5 Å². The maximum absolute atomic E-state index is 12.5. The van der Waals surface area contributed by atoms with Crippen molar-refractivity contribution >= 4 is 34.5 Å². The highest BCUT2D eigenvalue weighted by molar-refractivity contribution is 7.99. The molecule has 136 valence electrons. The third-order valence-electron chi connectivity index (χ3n) is 5.11. The van der Waals surface area contributed by atoms with Crippen LogP contribution in [0.25, 0.3) is 10.9 Å². The Labute approximate surface area is 157 Å². The predicted octanol–water partition coefficient (Wildman–Crippen LogP) is 2.72. The molecule has 0 N–H and O–H groups in total. The number of carbonyl (C=O) groups excluding carboxylic acids is 2. The van der Waals surface area contributed by atoms with Gasteiger partial charge in [0.2, 0.25) is 11.8 Å². The van der Waals surface area contributed by atoms with Gasteiger partial charge in [0.1, 0.15) is 0 Å². The Balaban J connectivity index is 1.32. The van der Waals surface area contributed by atoms with E-state index >= 15 is 0 Å². The fourth-order valence-corrected chi connectivity index (χ4v) is 4.26. The van der Waals surface area contributed by atoms with E-state index in [9.17, 15) is 9.59 Å². The quantitative estimate of drug-likeness (QED) is 0.778. The van der Waals surface area contributed by atoms with Crippen LogP contribution in [0.1, 0.15) is 18.4 Å². The summed E-state index contributed by atoms with van der Waals surface area (Å²) in [5.41, 5.74) is 2.15. The number of aryl methyl sites for hydroxylation is 1. The first-order valence-electron chi connectivity index (χ1n) is 9.17. The van der Waals surface area contributed by atoms with Crippen molar-refractivity contribution in [1.82, 2.24) is 14.8 Å². The fraction of sp³-hybridized carbons (Fsp3) is 0.450. The van der Waals surface area contributed by atoms with Crippen molar-refractivity contribution in [3.63, 3.8) is 0 Å². The van der Waals surface area contributed by atoms with Gasteiger partial charge in [-0.1, -0.05) is 30.0 Å². The van der Waals surface area contributed by atoms with Crippen LogP contribution in [0.15, 0.2) is 35.4 Å². The summed E-state index contributed by atoms with van der Waals surface area (Å²) in [4.78, 5) is 33.1. The van der Waals surface area contributed by atoms with E-state index in [0.717, 1.165) is 28.8 Å². The summed E-state index contributed by atoms with van der Waals surface area (Å²) in [6.45, 7) is 4.69. The van der Waals surface area contributed by atoms with Crippen LogP contribution < -0.4 is 0 Å². The average molecular weight is 369 g/mol. The third-order valence-corrected chi connectivity index (χ3v) is 6.01. The van der Waals surface area contributed by atoms with Crippen LogP contribution in [0, 0.1) is 12.8 Å². The number of aromatic nitrogens is 1. The summed E-state index contributed by atoms with van der Waals surface area (Å²) in [5, 5.41) is 2.04. The highest BCUT2D eigenvalue weighted by atomic mass is 32.2. The predicted molar refractivity (Wildman–Crippen MR) is 103 cm³/mol. The van der Waals surface area contributed by atoms with E-state index in [1.165, 1.54) is 17.3 Å². The number of nitrogens with zero attached hydrogens (tertiary/aromatic N) is 3. The van der Waals surface area contributed by atoms with Gasteiger partial charge in [0.25, 0.3) is 0 Å². The molecule has 2 aliphatic rings. The first kappa shape index (κ1) is 17.3. The summed E-state index contributed by atoms with van der Waals surface area (Å²) < 4.78 is 0. The Morgan fingerprint density at radius 3 is 2.54 bits per heavy atom. The standard InChI is InChI=1S/C20H23N3O2S/c1-14-12-18(21-17-5-3-2-4-16(14)17)26-13-19(24)22-8-10-23(11-9-22)20(25)15-6-7-15/h2-5,12,15H,6-11,13H2,1H3. The lowest BCUT2D eigenvalue weighted by Gasteiger charge is -2.34. The van der Waals surface area contributed by atoms with Gasteiger partial charge in [-0.3, -0.25) is 9.59 Å². The molecule has 2 aromatic rings. The van der Waals surface area contributed by atoms with Crippen LogP contribution in [0.5, 0.6) is 0 Å². The Bertz CT molecular complexity index is 842. The van der Waals surface area contributed by atoms with Gasteiger partial charge in [0.15, 0.2) is 0 Å². The molecule has 2 heterocycles. The van der Waals surface area contributed by atoms with E-state index in [2.05, 4.69) is 18.0 Å². The smallest absolute Gasteiger partial charge is 0.233 e. The summed E-state index contributed by atoms with van der Waals surface area (Å²) in [7, 11) is 0. The molecule has 1 aliphatic carbocycles. The van der Waals surface area contributed by atoms with Crippen molar-refractivity contribution in [2.24, 2.45) is 5.92 Å². The maximum Gasteiger partial charge on any atom is 0.233 e. The normalized spacial score (nSPS) is 17.6. The summed E-state index contributed by atoms with van der Waals surface area (Å²) >= 11 is 1.49. The van der Waals surface area contributed by atoms with Crippen molar-refractivity contribution in [3.05, 3.63) is 35.9 Å². The van der Waals surface area contributed by atoms with Crippen LogP contribution in [-0.4, -0.2) is 58.5 Å². The van der Waals surface area contributed by atoms with E-state index in [0.29, 0.717) is 31.9 Å². The Kier molecular flexibility index (Phi) is 4.85. The monoisotopic (exact) mass is 369 g/mol. The van der Waals surface area contributed by atoms with Gasteiger partial charge >= 0.3 is 0 Å². The number of piperazine rings is 1. The molecule has 0 unspecified atom stereocenters. The first-order valence-corrected chi connectivity index (χ1v) is 10.2. The molecule has 1 saturated carbocycles. The number of hydrogen-bond acceptors (Lipinski definition) is 4. The summed E-state index contributed by atoms with van der Waals surface area (Å²) in [5.74, 6) is 1.06. The number of fused-ring (bicyclic) bond motifs is 1. The lowest BCUT2D eigenvalue weighted by atomic mass is 10.1. The van der Waals surface area contributed by atoms with E-state index in [1.54, 1.807) is 0 Å².